The Morgan fingerprint density at radius 2 is 1.75 bits per heavy atom. The maximum Gasteiger partial charge on any atom is 0.241 e. The summed E-state index contributed by atoms with van der Waals surface area (Å²) in [6.07, 6.45) is 3.50. The molecule has 3 rings (SSSR count). The minimum Gasteiger partial charge on any atom is -0.497 e. The van der Waals surface area contributed by atoms with Crippen molar-refractivity contribution in [2.24, 2.45) is 0 Å². The van der Waals surface area contributed by atoms with Crippen LogP contribution in [0.5, 0.6) is 11.5 Å². The number of carbonyl (C=O) groups is 1. The van der Waals surface area contributed by atoms with Gasteiger partial charge in [0.25, 0.3) is 0 Å². The minimum atomic E-state index is -3.73. The van der Waals surface area contributed by atoms with Crippen LogP contribution in [-0.4, -0.2) is 59.3 Å². The lowest BCUT2D eigenvalue weighted by molar-refractivity contribution is -0.119. The Bertz CT molecular complexity index is 1040. The first kappa shape index (κ1) is 23.9. The van der Waals surface area contributed by atoms with Gasteiger partial charge in [-0.05, 0) is 49.2 Å². The molecule has 0 bridgehead atoms. The summed E-state index contributed by atoms with van der Waals surface area (Å²) in [6, 6.07) is 12.8. The van der Waals surface area contributed by atoms with Crippen LogP contribution in [0.3, 0.4) is 0 Å². The maximum atomic E-state index is 12.7. The Kier molecular flexibility index (Phi) is 7.98. The van der Waals surface area contributed by atoms with E-state index < -0.39 is 15.9 Å². The van der Waals surface area contributed by atoms with Gasteiger partial charge in [-0.15, -0.1) is 0 Å². The van der Waals surface area contributed by atoms with E-state index in [9.17, 15) is 13.2 Å². The lowest BCUT2D eigenvalue weighted by Gasteiger charge is -2.24. The van der Waals surface area contributed by atoms with Gasteiger partial charge in [-0.1, -0.05) is 24.3 Å². The van der Waals surface area contributed by atoms with Crippen LogP contribution in [0, 0.1) is 0 Å². The topological polar surface area (TPSA) is 88.2 Å². The Balaban J connectivity index is 1.71. The molecule has 1 aliphatic rings. The number of hydrogen-bond acceptors (Lipinski definition) is 6. The molecular formula is C23H31N3O5S. The van der Waals surface area contributed by atoms with Crippen LogP contribution in [0.2, 0.25) is 0 Å². The molecule has 0 unspecified atom stereocenters. The van der Waals surface area contributed by atoms with Crippen LogP contribution in [0.1, 0.15) is 24.0 Å². The highest BCUT2D eigenvalue weighted by Crippen LogP contribution is 2.33. The molecule has 2 aromatic rings. The molecule has 1 saturated heterocycles. The second-order valence-electron chi connectivity index (χ2n) is 7.84. The van der Waals surface area contributed by atoms with Gasteiger partial charge in [-0.2, -0.15) is 0 Å². The van der Waals surface area contributed by atoms with Gasteiger partial charge in [0.2, 0.25) is 15.9 Å². The summed E-state index contributed by atoms with van der Waals surface area (Å²) in [4.78, 5) is 15.1. The smallest absolute Gasteiger partial charge is 0.241 e. The van der Waals surface area contributed by atoms with E-state index in [-0.39, 0.29) is 12.2 Å². The van der Waals surface area contributed by atoms with Crippen LogP contribution in [0.25, 0.3) is 0 Å². The molecule has 0 radical (unpaired) electrons. The first-order valence-corrected chi connectivity index (χ1v) is 12.4. The number of hydrogen-bond donors (Lipinski definition) is 1. The van der Waals surface area contributed by atoms with Crippen molar-refractivity contribution >= 4 is 21.6 Å². The molecule has 32 heavy (non-hydrogen) atoms. The average molecular weight is 462 g/mol. The van der Waals surface area contributed by atoms with Crippen molar-refractivity contribution in [2.75, 3.05) is 44.4 Å². The van der Waals surface area contributed by atoms with Gasteiger partial charge >= 0.3 is 0 Å². The number of rotatable bonds is 10. The molecule has 2 aromatic carbocycles. The molecule has 174 valence electrons. The van der Waals surface area contributed by atoms with Crippen molar-refractivity contribution in [1.29, 1.82) is 0 Å². The number of amides is 1. The second kappa shape index (κ2) is 10.7. The number of sulfonamides is 1. The van der Waals surface area contributed by atoms with Gasteiger partial charge in [0.1, 0.15) is 18.0 Å². The highest BCUT2D eigenvalue weighted by atomic mass is 32.2. The second-order valence-corrected chi connectivity index (χ2v) is 9.74. The van der Waals surface area contributed by atoms with Gasteiger partial charge in [0, 0.05) is 19.2 Å². The van der Waals surface area contributed by atoms with Gasteiger partial charge in [-0.25, -0.2) is 8.42 Å². The number of methoxy groups -OCH3 is 2. The van der Waals surface area contributed by atoms with Crippen LogP contribution < -0.4 is 19.1 Å². The third kappa shape index (κ3) is 6.14. The molecular weight excluding hydrogens is 430 g/mol. The lowest BCUT2D eigenvalue weighted by atomic mass is 10.1. The fourth-order valence-corrected chi connectivity index (χ4v) is 4.68. The number of anilines is 1. The highest BCUT2D eigenvalue weighted by molar-refractivity contribution is 7.92. The zero-order chi connectivity index (χ0) is 23.1. The largest absolute Gasteiger partial charge is 0.497 e. The van der Waals surface area contributed by atoms with Crippen LogP contribution in [0.15, 0.2) is 42.5 Å². The van der Waals surface area contributed by atoms with E-state index in [4.69, 9.17) is 9.47 Å². The summed E-state index contributed by atoms with van der Waals surface area (Å²) in [7, 11) is -0.775. The Morgan fingerprint density at radius 1 is 1.06 bits per heavy atom. The standard InChI is InChI=1S/C23H31N3O5S/c1-30-20-10-11-21(22(14-20)31-2)26(32(3,28)29)17-23(27)24-15-18-8-4-5-9-19(18)16-25-12-6-7-13-25/h4-5,8-11,14H,6-7,12-13,15-17H2,1-3H3,(H,24,27). The van der Waals surface area contributed by atoms with E-state index in [1.165, 1.54) is 32.6 Å². The molecule has 9 heteroatoms. The highest BCUT2D eigenvalue weighted by Gasteiger charge is 2.24. The Hall–Kier alpha value is -2.78. The van der Waals surface area contributed by atoms with E-state index in [0.29, 0.717) is 18.0 Å². The van der Waals surface area contributed by atoms with E-state index in [1.807, 2.05) is 18.2 Å². The van der Waals surface area contributed by atoms with Gasteiger partial charge < -0.3 is 14.8 Å². The van der Waals surface area contributed by atoms with E-state index in [1.54, 1.807) is 18.2 Å². The van der Waals surface area contributed by atoms with Crippen molar-refractivity contribution < 1.29 is 22.7 Å². The molecule has 1 heterocycles. The predicted molar refractivity (Wildman–Crippen MR) is 125 cm³/mol. The predicted octanol–water partition coefficient (Wildman–Crippen LogP) is 2.38. The molecule has 0 atom stereocenters. The van der Waals surface area contributed by atoms with Crippen LogP contribution in [0.4, 0.5) is 5.69 Å². The molecule has 0 spiro atoms. The Labute approximate surface area is 190 Å². The zero-order valence-electron chi connectivity index (χ0n) is 18.8. The van der Waals surface area contributed by atoms with Gasteiger partial charge in [-0.3, -0.25) is 14.0 Å². The fourth-order valence-electron chi connectivity index (χ4n) is 3.82. The molecule has 1 aliphatic heterocycles. The molecule has 0 saturated carbocycles. The van der Waals surface area contributed by atoms with Crippen molar-refractivity contribution in [3.05, 3.63) is 53.6 Å². The van der Waals surface area contributed by atoms with Crippen molar-refractivity contribution in [1.82, 2.24) is 10.2 Å². The summed E-state index contributed by atoms with van der Waals surface area (Å²) in [5.41, 5.74) is 2.48. The molecule has 8 nitrogen and oxygen atoms in total. The number of nitrogens with one attached hydrogen (secondary N) is 1. The molecule has 1 fully saturated rings. The van der Waals surface area contributed by atoms with E-state index in [0.717, 1.165) is 35.8 Å². The van der Waals surface area contributed by atoms with Crippen LogP contribution in [-0.2, 0) is 27.9 Å². The third-order valence-corrected chi connectivity index (χ3v) is 6.66. The fraction of sp³-hybridized carbons (Fsp3) is 0.435. The summed E-state index contributed by atoms with van der Waals surface area (Å²) in [5, 5.41) is 2.87. The molecule has 0 aliphatic carbocycles. The number of benzene rings is 2. The van der Waals surface area contributed by atoms with Gasteiger partial charge in [0.05, 0.1) is 26.2 Å². The first-order valence-electron chi connectivity index (χ1n) is 10.6. The normalized spacial score (nSPS) is 14.2. The lowest BCUT2D eigenvalue weighted by Crippen LogP contribution is -2.40. The van der Waals surface area contributed by atoms with Crippen molar-refractivity contribution in [2.45, 2.75) is 25.9 Å². The quantitative estimate of drug-likeness (QED) is 0.585. The zero-order valence-corrected chi connectivity index (χ0v) is 19.7. The number of nitrogens with zero attached hydrogens (tertiary/aromatic N) is 2. The van der Waals surface area contributed by atoms with Gasteiger partial charge in [0.15, 0.2) is 0 Å². The third-order valence-electron chi connectivity index (χ3n) is 5.53. The van der Waals surface area contributed by atoms with E-state index >= 15 is 0 Å². The number of carbonyl (C=O) groups excluding carboxylic acids is 1. The minimum absolute atomic E-state index is 0.278. The molecule has 1 amide bonds. The SMILES string of the molecule is COc1ccc(N(CC(=O)NCc2ccccc2CN2CCCC2)S(C)(=O)=O)c(OC)c1. The number of ether oxygens (including phenoxy) is 2. The molecule has 1 N–H and O–H groups in total. The summed E-state index contributed by atoms with van der Waals surface area (Å²) in [6.45, 7) is 3.02. The number of likely N-dealkylation sites (tertiary alicyclic amines) is 1. The average Bonchev–Trinajstić information content (AvgIpc) is 3.29. The van der Waals surface area contributed by atoms with Crippen LogP contribution >= 0.6 is 0 Å². The first-order chi connectivity index (χ1) is 15.3. The summed E-state index contributed by atoms with van der Waals surface area (Å²) < 4.78 is 36.5. The molecule has 0 aromatic heterocycles. The van der Waals surface area contributed by atoms with E-state index in [2.05, 4.69) is 16.3 Å². The maximum absolute atomic E-state index is 12.7. The monoisotopic (exact) mass is 461 g/mol. The van der Waals surface area contributed by atoms with Crippen molar-refractivity contribution in [3.8, 4) is 11.5 Å². The summed E-state index contributed by atoms with van der Waals surface area (Å²) in [5.74, 6) is 0.431. The van der Waals surface area contributed by atoms with Crippen molar-refractivity contribution in [3.63, 3.8) is 0 Å². The summed E-state index contributed by atoms with van der Waals surface area (Å²) >= 11 is 0. The Morgan fingerprint density at radius 3 is 2.38 bits per heavy atom.